The third-order valence-electron chi connectivity index (χ3n) is 2.30. The molecule has 1 heterocycles. The topological polar surface area (TPSA) is 88.0 Å². The van der Waals surface area contributed by atoms with E-state index in [0.29, 0.717) is 5.69 Å². The van der Waals surface area contributed by atoms with Gasteiger partial charge in [-0.3, -0.25) is 0 Å². The third-order valence-corrected chi connectivity index (χ3v) is 3.70. The van der Waals surface area contributed by atoms with E-state index in [-0.39, 0.29) is 11.4 Å². The zero-order valence-electron chi connectivity index (χ0n) is 9.05. The quantitative estimate of drug-likeness (QED) is 0.710. The summed E-state index contributed by atoms with van der Waals surface area (Å²) in [5.74, 6) is 0. The maximum Gasteiger partial charge on any atom is 0.242 e. The van der Waals surface area contributed by atoms with Crippen LogP contribution in [-0.2, 0) is 16.6 Å². The van der Waals surface area contributed by atoms with Crippen molar-refractivity contribution in [1.82, 2.24) is 9.71 Å². The number of sulfonamides is 1. The smallest absolute Gasteiger partial charge is 0.242 e. The Kier molecular flexibility index (Phi) is 3.16. The Morgan fingerprint density at radius 3 is 2.76 bits per heavy atom. The van der Waals surface area contributed by atoms with Crippen molar-refractivity contribution in [3.8, 4) is 0 Å². The SMILES string of the molecule is Nc1cccc(CNS(=O)(=O)c2cc[nH]c2)c1. The van der Waals surface area contributed by atoms with Crippen molar-refractivity contribution in [1.29, 1.82) is 0 Å². The van der Waals surface area contributed by atoms with E-state index in [9.17, 15) is 8.42 Å². The fourth-order valence-electron chi connectivity index (χ4n) is 1.44. The number of nitrogen functional groups attached to an aromatic ring is 1. The van der Waals surface area contributed by atoms with E-state index in [1.165, 1.54) is 12.3 Å². The second-order valence-electron chi connectivity index (χ2n) is 3.62. The van der Waals surface area contributed by atoms with Crippen molar-refractivity contribution < 1.29 is 8.42 Å². The van der Waals surface area contributed by atoms with Crippen molar-refractivity contribution in [2.45, 2.75) is 11.4 Å². The molecule has 0 aliphatic heterocycles. The van der Waals surface area contributed by atoms with Gasteiger partial charge in [-0.05, 0) is 23.8 Å². The number of hydrogen-bond donors (Lipinski definition) is 3. The summed E-state index contributed by atoms with van der Waals surface area (Å²) in [7, 11) is -3.45. The summed E-state index contributed by atoms with van der Waals surface area (Å²) in [5.41, 5.74) is 7.05. The van der Waals surface area contributed by atoms with E-state index in [2.05, 4.69) is 9.71 Å². The highest BCUT2D eigenvalue weighted by molar-refractivity contribution is 7.89. The molecule has 0 amide bonds. The fraction of sp³-hybridized carbons (Fsp3) is 0.0909. The van der Waals surface area contributed by atoms with Gasteiger partial charge in [0.05, 0.1) is 4.90 Å². The van der Waals surface area contributed by atoms with Crippen LogP contribution >= 0.6 is 0 Å². The van der Waals surface area contributed by atoms with Gasteiger partial charge in [0, 0.05) is 24.6 Å². The number of hydrogen-bond acceptors (Lipinski definition) is 3. The van der Waals surface area contributed by atoms with Crippen molar-refractivity contribution >= 4 is 15.7 Å². The maximum atomic E-state index is 11.8. The number of aromatic nitrogens is 1. The minimum absolute atomic E-state index is 0.221. The highest BCUT2D eigenvalue weighted by atomic mass is 32.2. The van der Waals surface area contributed by atoms with E-state index >= 15 is 0 Å². The highest BCUT2D eigenvalue weighted by Crippen LogP contribution is 2.09. The molecule has 17 heavy (non-hydrogen) atoms. The molecule has 5 nitrogen and oxygen atoms in total. The predicted octanol–water partition coefficient (Wildman–Crippen LogP) is 1.08. The summed E-state index contributed by atoms with van der Waals surface area (Å²) in [6.07, 6.45) is 3.00. The molecule has 0 aliphatic carbocycles. The monoisotopic (exact) mass is 251 g/mol. The fourth-order valence-corrected chi connectivity index (χ4v) is 2.43. The number of benzene rings is 1. The van der Waals surface area contributed by atoms with Crippen molar-refractivity contribution in [2.75, 3.05) is 5.73 Å². The molecule has 0 unspecified atom stereocenters. The molecule has 0 atom stereocenters. The Hall–Kier alpha value is -1.79. The Labute approximate surface area is 99.7 Å². The zero-order chi connectivity index (χ0) is 12.3. The van der Waals surface area contributed by atoms with E-state index < -0.39 is 10.0 Å². The normalized spacial score (nSPS) is 11.5. The summed E-state index contributed by atoms with van der Waals surface area (Å²) in [4.78, 5) is 2.93. The highest BCUT2D eigenvalue weighted by Gasteiger charge is 2.13. The van der Waals surface area contributed by atoms with Crippen molar-refractivity contribution in [2.24, 2.45) is 0 Å². The van der Waals surface area contributed by atoms with Crippen molar-refractivity contribution in [3.63, 3.8) is 0 Å². The van der Waals surface area contributed by atoms with Gasteiger partial charge in [-0.1, -0.05) is 12.1 Å². The van der Waals surface area contributed by atoms with Gasteiger partial charge >= 0.3 is 0 Å². The van der Waals surface area contributed by atoms with Gasteiger partial charge < -0.3 is 10.7 Å². The Bertz CT molecular complexity index is 591. The van der Waals surface area contributed by atoms with Crippen LogP contribution in [0.4, 0.5) is 5.69 Å². The van der Waals surface area contributed by atoms with Crippen LogP contribution in [0.3, 0.4) is 0 Å². The largest absolute Gasteiger partial charge is 0.399 e. The number of anilines is 1. The lowest BCUT2D eigenvalue weighted by atomic mass is 10.2. The molecular weight excluding hydrogens is 238 g/mol. The molecule has 0 saturated carbocycles. The van der Waals surface area contributed by atoms with Crippen LogP contribution in [0.5, 0.6) is 0 Å². The lowest BCUT2D eigenvalue weighted by molar-refractivity contribution is 0.581. The second-order valence-corrected chi connectivity index (χ2v) is 5.38. The molecule has 0 aliphatic rings. The predicted molar refractivity (Wildman–Crippen MR) is 65.7 cm³/mol. The summed E-state index contributed by atoms with van der Waals surface area (Å²) < 4.78 is 26.1. The summed E-state index contributed by atoms with van der Waals surface area (Å²) >= 11 is 0. The minimum Gasteiger partial charge on any atom is -0.399 e. The van der Waals surface area contributed by atoms with Gasteiger partial charge in [-0.25, -0.2) is 13.1 Å². The van der Waals surface area contributed by atoms with Gasteiger partial charge in [-0.15, -0.1) is 0 Å². The summed E-state index contributed by atoms with van der Waals surface area (Å²) in [6.45, 7) is 0.221. The first-order valence-corrected chi connectivity index (χ1v) is 6.53. The van der Waals surface area contributed by atoms with Gasteiger partial charge in [-0.2, -0.15) is 0 Å². The Balaban J connectivity index is 2.08. The minimum atomic E-state index is -3.45. The second kappa shape index (κ2) is 4.60. The number of nitrogens with one attached hydrogen (secondary N) is 2. The number of rotatable bonds is 4. The third kappa shape index (κ3) is 2.86. The van der Waals surface area contributed by atoms with Gasteiger partial charge in [0.15, 0.2) is 0 Å². The molecule has 90 valence electrons. The summed E-state index contributed by atoms with van der Waals surface area (Å²) in [6, 6.07) is 8.59. The molecule has 0 saturated heterocycles. The maximum absolute atomic E-state index is 11.8. The zero-order valence-corrected chi connectivity index (χ0v) is 9.87. The molecule has 1 aromatic heterocycles. The number of aromatic amines is 1. The first-order chi connectivity index (χ1) is 8.08. The van der Waals surface area contributed by atoms with Crippen LogP contribution in [0.2, 0.25) is 0 Å². The molecule has 1 aromatic carbocycles. The first-order valence-electron chi connectivity index (χ1n) is 5.05. The molecule has 0 bridgehead atoms. The number of nitrogens with two attached hydrogens (primary N) is 1. The first kappa shape index (κ1) is 11.7. The number of H-pyrrole nitrogens is 1. The van der Waals surface area contributed by atoms with Crippen LogP contribution in [0, 0.1) is 0 Å². The Morgan fingerprint density at radius 2 is 2.12 bits per heavy atom. The standard InChI is InChI=1S/C11H13N3O2S/c12-10-3-1-2-9(6-10)7-14-17(15,16)11-4-5-13-8-11/h1-6,8,13-14H,7,12H2. The summed E-state index contributed by atoms with van der Waals surface area (Å²) in [5, 5.41) is 0. The van der Waals surface area contributed by atoms with Crippen LogP contribution in [0.15, 0.2) is 47.6 Å². The molecule has 0 radical (unpaired) electrons. The van der Waals surface area contributed by atoms with Crippen molar-refractivity contribution in [3.05, 3.63) is 48.3 Å². The molecular formula is C11H13N3O2S. The van der Waals surface area contributed by atoms with Crippen LogP contribution in [0.1, 0.15) is 5.56 Å². The molecule has 4 N–H and O–H groups in total. The van der Waals surface area contributed by atoms with Gasteiger partial charge in [0.1, 0.15) is 0 Å². The van der Waals surface area contributed by atoms with E-state index in [1.54, 1.807) is 24.4 Å². The van der Waals surface area contributed by atoms with E-state index in [0.717, 1.165) is 5.56 Å². The molecule has 2 rings (SSSR count). The molecule has 2 aromatic rings. The molecule has 0 fully saturated rings. The lowest BCUT2D eigenvalue weighted by Gasteiger charge is -2.05. The Morgan fingerprint density at radius 1 is 1.29 bits per heavy atom. The average molecular weight is 251 g/mol. The van der Waals surface area contributed by atoms with E-state index in [1.807, 2.05) is 6.07 Å². The van der Waals surface area contributed by atoms with Gasteiger partial charge in [0.25, 0.3) is 0 Å². The molecule has 0 spiro atoms. The molecule has 6 heteroatoms. The average Bonchev–Trinajstić information content (AvgIpc) is 2.81. The van der Waals surface area contributed by atoms with Crippen LogP contribution in [0.25, 0.3) is 0 Å². The van der Waals surface area contributed by atoms with E-state index in [4.69, 9.17) is 5.73 Å². The van der Waals surface area contributed by atoms with Gasteiger partial charge in [0.2, 0.25) is 10.0 Å². The van der Waals surface area contributed by atoms with Crippen LogP contribution < -0.4 is 10.5 Å². The van der Waals surface area contributed by atoms with Crippen LogP contribution in [-0.4, -0.2) is 13.4 Å². The lowest BCUT2D eigenvalue weighted by Crippen LogP contribution is -2.22.